The van der Waals surface area contributed by atoms with Gasteiger partial charge in [-0.05, 0) is 24.7 Å². The molecule has 6 heteroatoms. The van der Waals surface area contributed by atoms with E-state index in [2.05, 4.69) is 5.32 Å². The number of sulfonamides is 1. The van der Waals surface area contributed by atoms with Crippen LogP contribution in [0.2, 0.25) is 0 Å². The molecule has 0 aromatic heterocycles. The van der Waals surface area contributed by atoms with Gasteiger partial charge in [-0.25, -0.2) is 8.42 Å². The molecule has 1 N–H and O–H groups in total. The number of carbonyl (C=O) groups excluding carboxylic acids is 1. The predicted octanol–water partition coefficient (Wildman–Crippen LogP) is 1.35. The molecule has 0 aromatic carbocycles. The Balaban J connectivity index is 2.81. The Hall–Kier alpha value is -0.620. The van der Waals surface area contributed by atoms with Crippen molar-refractivity contribution >= 4 is 15.9 Å². The molecule has 1 fully saturated rings. The number of rotatable bonds is 4. The van der Waals surface area contributed by atoms with Gasteiger partial charge in [-0.3, -0.25) is 4.79 Å². The summed E-state index contributed by atoms with van der Waals surface area (Å²) in [5, 5.41) is 2.56. The molecule has 19 heavy (non-hydrogen) atoms. The van der Waals surface area contributed by atoms with Gasteiger partial charge in [-0.2, -0.15) is 4.31 Å². The van der Waals surface area contributed by atoms with Gasteiger partial charge in [-0.15, -0.1) is 0 Å². The largest absolute Gasteiger partial charge is 0.358 e. The fraction of sp³-hybridized carbons (Fsp3) is 0.923. The summed E-state index contributed by atoms with van der Waals surface area (Å²) < 4.78 is 26.2. The number of likely N-dealkylation sites (N-methyl/N-ethyl adjacent to an activating group) is 1. The lowest BCUT2D eigenvalue weighted by atomic mass is 9.94. The first-order valence-electron chi connectivity index (χ1n) is 6.88. The van der Waals surface area contributed by atoms with Crippen LogP contribution in [0.1, 0.15) is 46.5 Å². The summed E-state index contributed by atoms with van der Waals surface area (Å²) in [6, 6.07) is -0.524. The Morgan fingerprint density at radius 3 is 2.47 bits per heavy atom. The van der Waals surface area contributed by atoms with E-state index in [1.54, 1.807) is 7.05 Å². The Bertz CT molecular complexity index is 412. The summed E-state index contributed by atoms with van der Waals surface area (Å²) in [5.74, 6) is -0.0803. The van der Waals surface area contributed by atoms with E-state index < -0.39 is 16.1 Å². The second-order valence-corrected chi connectivity index (χ2v) is 8.40. The fourth-order valence-corrected chi connectivity index (χ4v) is 4.32. The molecular formula is C13H26N2O3S. The monoisotopic (exact) mass is 290 g/mol. The number of nitrogens with one attached hydrogen (secondary N) is 1. The van der Waals surface area contributed by atoms with Gasteiger partial charge in [0.2, 0.25) is 15.9 Å². The molecule has 1 aliphatic rings. The quantitative estimate of drug-likeness (QED) is 0.850. The van der Waals surface area contributed by atoms with Gasteiger partial charge in [0.25, 0.3) is 0 Å². The van der Waals surface area contributed by atoms with Crippen LogP contribution in [-0.2, 0) is 14.8 Å². The maximum absolute atomic E-state index is 12.4. The van der Waals surface area contributed by atoms with Crippen molar-refractivity contribution in [2.45, 2.75) is 52.5 Å². The van der Waals surface area contributed by atoms with Crippen LogP contribution in [0.3, 0.4) is 0 Å². The molecule has 1 unspecified atom stereocenters. The van der Waals surface area contributed by atoms with Crippen molar-refractivity contribution in [2.75, 3.05) is 19.3 Å². The topological polar surface area (TPSA) is 66.5 Å². The van der Waals surface area contributed by atoms with E-state index in [4.69, 9.17) is 0 Å². The molecule has 0 aromatic rings. The van der Waals surface area contributed by atoms with Crippen molar-refractivity contribution in [3.63, 3.8) is 0 Å². The average molecular weight is 290 g/mol. The Labute approximate surface area is 116 Å². The van der Waals surface area contributed by atoms with Crippen LogP contribution in [0.5, 0.6) is 0 Å². The third kappa shape index (κ3) is 4.76. The lowest BCUT2D eigenvalue weighted by Gasteiger charge is -2.34. The van der Waals surface area contributed by atoms with E-state index in [1.807, 2.05) is 20.8 Å². The van der Waals surface area contributed by atoms with Crippen molar-refractivity contribution in [3.8, 4) is 0 Å². The molecular weight excluding hydrogens is 264 g/mol. The first-order valence-corrected chi connectivity index (χ1v) is 8.49. The van der Waals surface area contributed by atoms with Gasteiger partial charge in [0, 0.05) is 13.6 Å². The van der Waals surface area contributed by atoms with Crippen LogP contribution >= 0.6 is 0 Å². The highest BCUT2D eigenvalue weighted by Gasteiger charge is 2.36. The number of carbonyl (C=O) groups is 1. The summed E-state index contributed by atoms with van der Waals surface area (Å²) in [6.07, 6.45) is 2.96. The van der Waals surface area contributed by atoms with Crippen LogP contribution < -0.4 is 5.32 Å². The lowest BCUT2D eigenvalue weighted by molar-refractivity contribution is -0.125. The summed E-state index contributed by atoms with van der Waals surface area (Å²) in [5.41, 5.74) is -0.0225. The minimum Gasteiger partial charge on any atom is -0.358 e. The molecule has 1 atom stereocenters. The zero-order chi connectivity index (χ0) is 14.7. The van der Waals surface area contributed by atoms with Gasteiger partial charge >= 0.3 is 0 Å². The van der Waals surface area contributed by atoms with Crippen LogP contribution in [0.15, 0.2) is 0 Å². The van der Waals surface area contributed by atoms with Crippen LogP contribution in [0.4, 0.5) is 0 Å². The van der Waals surface area contributed by atoms with Crippen LogP contribution in [-0.4, -0.2) is 44.0 Å². The van der Waals surface area contributed by atoms with E-state index in [-0.39, 0.29) is 17.1 Å². The van der Waals surface area contributed by atoms with Crippen molar-refractivity contribution in [3.05, 3.63) is 0 Å². The third-order valence-corrected chi connectivity index (χ3v) is 5.34. The molecule has 1 rings (SSSR count). The SMILES string of the molecule is CNC(=O)C1CCCCN1S(=O)(=O)CCC(C)(C)C. The smallest absolute Gasteiger partial charge is 0.238 e. The molecule has 0 aliphatic carbocycles. The van der Waals surface area contributed by atoms with Crippen LogP contribution in [0, 0.1) is 5.41 Å². The number of hydrogen-bond acceptors (Lipinski definition) is 3. The van der Waals surface area contributed by atoms with Crippen molar-refractivity contribution in [2.24, 2.45) is 5.41 Å². The number of amides is 1. The summed E-state index contributed by atoms with van der Waals surface area (Å²) in [6.45, 7) is 6.53. The van der Waals surface area contributed by atoms with Crippen molar-refractivity contribution < 1.29 is 13.2 Å². The predicted molar refractivity (Wildman–Crippen MR) is 76.3 cm³/mol. The highest BCUT2D eigenvalue weighted by Crippen LogP contribution is 2.25. The maximum atomic E-state index is 12.4. The van der Waals surface area contributed by atoms with Crippen molar-refractivity contribution in [1.29, 1.82) is 0 Å². The van der Waals surface area contributed by atoms with E-state index in [0.717, 1.165) is 12.8 Å². The lowest BCUT2D eigenvalue weighted by Crippen LogP contribution is -2.51. The van der Waals surface area contributed by atoms with E-state index >= 15 is 0 Å². The molecule has 0 radical (unpaired) electrons. The highest BCUT2D eigenvalue weighted by molar-refractivity contribution is 7.89. The van der Waals surface area contributed by atoms with Gasteiger partial charge in [-0.1, -0.05) is 27.2 Å². The average Bonchev–Trinajstić information content (AvgIpc) is 2.35. The first kappa shape index (κ1) is 16.4. The number of piperidine rings is 1. The zero-order valence-corrected chi connectivity index (χ0v) is 13.2. The van der Waals surface area contributed by atoms with Gasteiger partial charge in [0.1, 0.15) is 6.04 Å². The molecule has 5 nitrogen and oxygen atoms in total. The van der Waals surface area contributed by atoms with E-state index in [0.29, 0.717) is 19.4 Å². The van der Waals surface area contributed by atoms with Crippen molar-refractivity contribution in [1.82, 2.24) is 9.62 Å². The molecule has 112 valence electrons. The highest BCUT2D eigenvalue weighted by atomic mass is 32.2. The minimum absolute atomic E-state index is 0.0225. The molecule has 1 amide bonds. The number of hydrogen-bond donors (Lipinski definition) is 1. The summed E-state index contributed by atoms with van der Waals surface area (Å²) in [4.78, 5) is 11.8. The zero-order valence-electron chi connectivity index (χ0n) is 12.4. The standard InChI is InChI=1S/C13H26N2O3S/c1-13(2,3)8-10-19(17,18)15-9-6-5-7-11(15)12(16)14-4/h11H,5-10H2,1-4H3,(H,14,16). The Morgan fingerprint density at radius 1 is 1.32 bits per heavy atom. The molecule has 0 saturated carbocycles. The Kier molecular flexibility index (Phi) is 5.38. The Morgan fingerprint density at radius 2 is 1.95 bits per heavy atom. The maximum Gasteiger partial charge on any atom is 0.238 e. The molecule has 0 bridgehead atoms. The van der Waals surface area contributed by atoms with Crippen LogP contribution in [0.25, 0.3) is 0 Å². The van der Waals surface area contributed by atoms with Gasteiger partial charge in [0.05, 0.1) is 5.75 Å². The number of nitrogens with zero attached hydrogens (tertiary/aromatic N) is 1. The fourth-order valence-electron chi connectivity index (χ4n) is 2.22. The van der Waals surface area contributed by atoms with E-state index in [1.165, 1.54) is 4.31 Å². The normalized spacial score (nSPS) is 22.2. The summed E-state index contributed by atoms with van der Waals surface area (Å²) >= 11 is 0. The first-order chi connectivity index (χ1) is 8.67. The van der Waals surface area contributed by atoms with Gasteiger partial charge < -0.3 is 5.32 Å². The molecule has 1 aliphatic heterocycles. The molecule has 0 spiro atoms. The second-order valence-electron chi connectivity index (χ2n) is 6.36. The second kappa shape index (κ2) is 6.22. The van der Waals surface area contributed by atoms with Gasteiger partial charge in [0.15, 0.2) is 0 Å². The van der Waals surface area contributed by atoms with E-state index in [9.17, 15) is 13.2 Å². The molecule has 1 heterocycles. The third-order valence-electron chi connectivity index (χ3n) is 3.47. The molecule has 1 saturated heterocycles. The minimum atomic E-state index is -3.35. The summed E-state index contributed by atoms with van der Waals surface area (Å²) in [7, 11) is -1.80.